The minimum Gasteiger partial charge on any atom is -0.338 e. The average molecular weight is 456 g/mol. The second-order valence-electron chi connectivity index (χ2n) is 6.52. The number of carbonyl (C=O) groups excluding carboxylic acids is 2. The summed E-state index contributed by atoms with van der Waals surface area (Å²) in [6.45, 7) is 0.669. The minimum absolute atomic E-state index is 0.170. The third-order valence-corrected chi connectivity index (χ3v) is 4.99. The zero-order valence-corrected chi connectivity index (χ0v) is 16.3. The van der Waals surface area contributed by atoms with E-state index in [1.165, 1.54) is 17.0 Å². The Hall–Kier alpha value is -2.42. The number of nitrogens with one attached hydrogen (secondary N) is 1. The number of piperidine rings is 1. The van der Waals surface area contributed by atoms with E-state index < -0.39 is 17.7 Å². The summed E-state index contributed by atoms with van der Waals surface area (Å²) in [5.41, 5.74) is -0.634. The van der Waals surface area contributed by atoms with Gasteiger partial charge in [0, 0.05) is 29.3 Å². The molecule has 1 aliphatic heterocycles. The van der Waals surface area contributed by atoms with Gasteiger partial charge in [-0.15, -0.1) is 0 Å². The number of halogens is 4. The molecular weight excluding hydrogens is 439 g/mol. The zero-order valence-electron chi connectivity index (χ0n) is 14.7. The topological polar surface area (TPSA) is 62.3 Å². The molecule has 1 aromatic heterocycles. The molecule has 1 aliphatic rings. The first kappa shape index (κ1) is 20.3. The van der Waals surface area contributed by atoms with Crippen molar-refractivity contribution >= 4 is 33.6 Å². The SMILES string of the molecule is O=C(Nc1ccc(Br)cn1)[C@H]1CCCN(C(=O)c2ccc(C(F)(F)F)cc2)C1. The second-order valence-corrected chi connectivity index (χ2v) is 7.43. The van der Waals surface area contributed by atoms with Crippen molar-refractivity contribution in [3.05, 3.63) is 58.2 Å². The van der Waals surface area contributed by atoms with Crippen LogP contribution in [0.1, 0.15) is 28.8 Å². The van der Waals surface area contributed by atoms with Crippen molar-refractivity contribution < 1.29 is 22.8 Å². The highest BCUT2D eigenvalue weighted by Gasteiger charge is 2.32. The number of anilines is 1. The first-order valence-electron chi connectivity index (χ1n) is 8.63. The molecule has 0 unspecified atom stereocenters. The molecule has 2 heterocycles. The van der Waals surface area contributed by atoms with E-state index in [1.54, 1.807) is 18.3 Å². The molecule has 0 bridgehead atoms. The number of amides is 2. The highest BCUT2D eigenvalue weighted by Crippen LogP contribution is 2.29. The van der Waals surface area contributed by atoms with E-state index in [-0.39, 0.29) is 23.9 Å². The lowest BCUT2D eigenvalue weighted by molar-refractivity contribution is -0.137. The van der Waals surface area contributed by atoms with E-state index in [0.717, 1.165) is 16.6 Å². The maximum Gasteiger partial charge on any atom is 0.416 e. The number of nitrogens with zero attached hydrogens (tertiary/aromatic N) is 2. The van der Waals surface area contributed by atoms with Crippen LogP contribution in [0, 0.1) is 5.92 Å². The van der Waals surface area contributed by atoms with Crippen LogP contribution in [0.15, 0.2) is 47.1 Å². The molecule has 1 N–H and O–H groups in total. The Labute approximate surface area is 168 Å². The molecule has 9 heteroatoms. The number of hydrogen-bond acceptors (Lipinski definition) is 3. The molecule has 3 rings (SSSR count). The Morgan fingerprint density at radius 3 is 2.46 bits per heavy atom. The van der Waals surface area contributed by atoms with Crippen LogP contribution >= 0.6 is 15.9 Å². The lowest BCUT2D eigenvalue weighted by atomic mass is 9.96. The van der Waals surface area contributed by atoms with E-state index in [9.17, 15) is 22.8 Å². The normalized spacial score (nSPS) is 17.3. The summed E-state index contributed by atoms with van der Waals surface area (Å²) in [6, 6.07) is 7.53. The van der Waals surface area contributed by atoms with Crippen LogP contribution in [0.2, 0.25) is 0 Å². The van der Waals surface area contributed by atoms with Gasteiger partial charge in [-0.25, -0.2) is 4.98 Å². The van der Waals surface area contributed by atoms with E-state index in [0.29, 0.717) is 25.2 Å². The van der Waals surface area contributed by atoms with Crippen molar-refractivity contribution in [1.29, 1.82) is 0 Å². The molecule has 0 saturated carbocycles. The molecule has 1 atom stereocenters. The molecular formula is C19H17BrF3N3O2. The van der Waals surface area contributed by atoms with Gasteiger partial charge >= 0.3 is 6.18 Å². The predicted octanol–water partition coefficient (Wildman–Crippen LogP) is 4.35. The first-order valence-corrected chi connectivity index (χ1v) is 9.42. The van der Waals surface area contributed by atoms with Crippen LogP contribution < -0.4 is 5.32 Å². The molecule has 1 aromatic carbocycles. The quantitative estimate of drug-likeness (QED) is 0.747. The molecule has 0 spiro atoms. The van der Waals surface area contributed by atoms with Crippen molar-refractivity contribution in [3.8, 4) is 0 Å². The monoisotopic (exact) mass is 455 g/mol. The summed E-state index contributed by atoms with van der Waals surface area (Å²) in [7, 11) is 0. The van der Waals surface area contributed by atoms with Crippen molar-refractivity contribution in [1.82, 2.24) is 9.88 Å². The van der Waals surface area contributed by atoms with E-state index >= 15 is 0 Å². The number of carbonyl (C=O) groups is 2. The van der Waals surface area contributed by atoms with Crippen LogP contribution in [-0.4, -0.2) is 34.8 Å². The van der Waals surface area contributed by atoms with Crippen LogP contribution in [-0.2, 0) is 11.0 Å². The van der Waals surface area contributed by atoms with Gasteiger partial charge in [0.25, 0.3) is 5.91 Å². The Kier molecular flexibility index (Phi) is 6.02. The second kappa shape index (κ2) is 8.30. The van der Waals surface area contributed by atoms with Crippen molar-refractivity contribution in [3.63, 3.8) is 0 Å². The van der Waals surface area contributed by atoms with E-state index in [4.69, 9.17) is 0 Å². The molecule has 2 amide bonds. The predicted molar refractivity (Wildman–Crippen MR) is 101 cm³/mol. The minimum atomic E-state index is -4.45. The van der Waals surface area contributed by atoms with Gasteiger partial charge in [0.1, 0.15) is 5.82 Å². The van der Waals surface area contributed by atoms with E-state index in [1.807, 2.05) is 0 Å². The number of likely N-dealkylation sites (tertiary alicyclic amines) is 1. The standard InChI is InChI=1S/C19H17BrF3N3O2/c20-15-7-8-16(24-10-15)25-17(27)13-2-1-9-26(11-13)18(28)12-3-5-14(6-4-12)19(21,22)23/h3-8,10,13H,1-2,9,11H2,(H,24,25,27)/t13-/m0/s1. The largest absolute Gasteiger partial charge is 0.416 e. The Morgan fingerprint density at radius 1 is 1.14 bits per heavy atom. The Morgan fingerprint density at radius 2 is 1.86 bits per heavy atom. The summed E-state index contributed by atoms with van der Waals surface area (Å²) >= 11 is 3.27. The van der Waals surface area contributed by atoms with Gasteiger partial charge in [0.15, 0.2) is 0 Å². The molecule has 1 saturated heterocycles. The van der Waals surface area contributed by atoms with E-state index in [2.05, 4.69) is 26.2 Å². The average Bonchev–Trinajstić information content (AvgIpc) is 2.68. The molecule has 0 radical (unpaired) electrons. The van der Waals surface area contributed by atoms with Crippen LogP contribution in [0.3, 0.4) is 0 Å². The first-order chi connectivity index (χ1) is 13.2. The smallest absolute Gasteiger partial charge is 0.338 e. The molecule has 148 valence electrons. The van der Waals surface area contributed by atoms with Gasteiger partial charge in [-0.2, -0.15) is 13.2 Å². The van der Waals surface area contributed by atoms with Crippen molar-refractivity contribution in [2.24, 2.45) is 5.92 Å². The molecule has 1 fully saturated rings. The number of benzene rings is 1. The maximum atomic E-state index is 12.7. The number of hydrogen-bond donors (Lipinski definition) is 1. The number of aromatic nitrogens is 1. The summed E-state index contributed by atoms with van der Waals surface area (Å²) in [5, 5.41) is 2.73. The molecule has 2 aromatic rings. The zero-order chi connectivity index (χ0) is 20.3. The number of pyridine rings is 1. The van der Waals surface area contributed by atoms with Gasteiger partial charge < -0.3 is 10.2 Å². The number of rotatable bonds is 3. The molecule has 28 heavy (non-hydrogen) atoms. The summed E-state index contributed by atoms with van der Waals surface area (Å²) in [4.78, 5) is 30.7. The van der Waals surface area contributed by atoms with Crippen molar-refractivity contribution in [2.75, 3.05) is 18.4 Å². The third-order valence-electron chi connectivity index (χ3n) is 4.52. The maximum absolute atomic E-state index is 12.7. The highest BCUT2D eigenvalue weighted by atomic mass is 79.9. The molecule has 5 nitrogen and oxygen atoms in total. The Balaban J connectivity index is 1.64. The van der Waals surface area contributed by atoms with Crippen LogP contribution in [0.4, 0.5) is 19.0 Å². The van der Waals surface area contributed by atoms with Gasteiger partial charge in [-0.05, 0) is 65.2 Å². The van der Waals surface area contributed by atoms with Gasteiger partial charge in [-0.1, -0.05) is 0 Å². The fraction of sp³-hybridized carbons (Fsp3) is 0.316. The van der Waals surface area contributed by atoms with Gasteiger partial charge in [-0.3, -0.25) is 9.59 Å². The summed E-state index contributed by atoms with van der Waals surface area (Å²) in [6.07, 6.45) is -1.62. The molecule has 0 aliphatic carbocycles. The van der Waals surface area contributed by atoms with Crippen molar-refractivity contribution in [2.45, 2.75) is 19.0 Å². The third kappa shape index (κ3) is 4.89. The number of alkyl halides is 3. The van der Waals surface area contributed by atoms with Crippen LogP contribution in [0.5, 0.6) is 0 Å². The fourth-order valence-corrected chi connectivity index (χ4v) is 3.27. The van der Waals surface area contributed by atoms with Crippen LogP contribution in [0.25, 0.3) is 0 Å². The van der Waals surface area contributed by atoms with Gasteiger partial charge in [0.05, 0.1) is 11.5 Å². The summed E-state index contributed by atoms with van der Waals surface area (Å²) < 4.78 is 38.8. The highest BCUT2D eigenvalue weighted by molar-refractivity contribution is 9.10. The lowest BCUT2D eigenvalue weighted by Gasteiger charge is -2.32. The Bertz CT molecular complexity index is 854. The van der Waals surface area contributed by atoms with Gasteiger partial charge in [0.2, 0.25) is 5.91 Å². The lowest BCUT2D eigenvalue weighted by Crippen LogP contribution is -2.43. The summed E-state index contributed by atoms with van der Waals surface area (Å²) in [5.74, 6) is -0.607. The fourth-order valence-electron chi connectivity index (χ4n) is 3.04.